The Labute approximate surface area is 150 Å². The third kappa shape index (κ3) is 3.25. The standard InChI is InChI=1S/C18H17FN2O4S/c1-2-12-6-8-13(9-7-12)26(24,25)20-10-11-21-17(22)14-4-3-5-15(19)16(14)18(21)23/h3-9,20H,2,10-11H2,1H3. The summed E-state index contributed by atoms with van der Waals surface area (Å²) in [6, 6.07) is 10.3. The minimum Gasteiger partial charge on any atom is -0.273 e. The lowest BCUT2D eigenvalue weighted by atomic mass is 10.1. The monoisotopic (exact) mass is 376 g/mol. The topological polar surface area (TPSA) is 83.6 Å². The fourth-order valence-corrected chi connectivity index (χ4v) is 3.80. The maximum absolute atomic E-state index is 13.8. The Morgan fingerprint density at radius 1 is 1.04 bits per heavy atom. The second-order valence-corrected chi connectivity index (χ2v) is 7.59. The van der Waals surface area contributed by atoms with Crippen molar-refractivity contribution in [3.63, 3.8) is 0 Å². The van der Waals surface area contributed by atoms with E-state index in [1.165, 1.54) is 24.3 Å². The molecule has 0 fully saturated rings. The summed E-state index contributed by atoms with van der Waals surface area (Å²) in [4.78, 5) is 25.4. The average molecular weight is 376 g/mol. The first-order valence-corrected chi connectivity index (χ1v) is 9.57. The van der Waals surface area contributed by atoms with E-state index in [0.29, 0.717) is 0 Å². The van der Waals surface area contributed by atoms with Crippen molar-refractivity contribution >= 4 is 21.8 Å². The molecule has 0 atom stereocenters. The second-order valence-electron chi connectivity index (χ2n) is 5.82. The first-order valence-electron chi connectivity index (χ1n) is 8.08. The minimum absolute atomic E-state index is 0.00647. The van der Waals surface area contributed by atoms with Gasteiger partial charge in [-0.15, -0.1) is 0 Å². The lowest BCUT2D eigenvalue weighted by Gasteiger charge is -2.14. The molecule has 0 unspecified atom stereocenters. The summed E-state index contributed by atoms with van der Waals surface area (Å²) in [6.45, 7) is 1.62. The normalized spacial score (nSPS) is 14.0. The van der Waals surface area contributed by atoms with Gasteiger partial charge in [0.2, 0.25) is 10.0 Å². The third-order valence-electron chi connectivity index (χ3n) is 4.22. The number of carbonyl (C=O) groups excluding carboxylic acids is 2. The molecule has 2 aromatic rings. The molecule has 0 radical (unpaired) electrons. The Kier molecular flexibility index (Phi) is 4.88. The summed E-state index contributed by atoms with van der Waals surface area (Å²) in [5.41, 5.74) is 0.737. The highest BCUT2D eigenvalue weighted by Gasteiger charge is 2.37. The second kappa shape index (κ2) is 6.97. The number of amides is 2. The minimum atomic E-state index is -3.76. The van der Waals surface area contributed by atoms with Crippen LogP contribution < -0.4 is 4.72 Å². The van der Waals surface area contributed by atoms with Crippen LogP contribution in [0, 0.1) is 5.82 Å². The number of carbonyl (C=O) groups is 2. The molecule has 0 saturated carbocycles. The first-order chi connectivity index (χ1) is 12.3. The number of halogens is 1. The number of fused-ring (bicyclic) bond motifs is 1. The summed E-state index contributed by atoms with van der Waals surface area (Å²) < 4.78 is 40.7. The molecule has 1 heterocycles. The number of sulfonamides is 1. The molecule has 0 spiro atoms. The van der Waals surface area contributed by atoms with Crippen LogP contribution in [0.5, 0.6) is 0 Å². The van der Waals surface area contributed by atoms with Gasteiger partial charge in [-0.1, -0.05) is 25.1 Å². The first kappa shape index (κ1) is 18.2. The molecule has 26 heavy (non-hydrogen) atoms. The van der Waals surface area contributed by atoms with Crippen molar-refractivity contribution < 1.29 is 22.4 Å². The average Bonchev–Trinajstić information content (AvgIpc) is 2.87. The summed E-state index contributed by atoms with van der Waals surface area (Å²) in [7, 11) is -3.76. The molecule has 0 aromatic heterocycles. The van der Waals surface area contributed by atoms with E-state index < -0.39 is 27.7 Å². The van der Waals surface area contributed by atoms with Crippen molar-refractivity contribution in [3.05, 3.63) is 65.0 Å². The van der Waals surface area contributed by atoms with Crippen LogP contribution in [0.15, 0.2) is 47.4 Å². The number of hydrogen-bond acceptors (Lipinski definition) is 4. The molecule has 1 aliphatic heterocycles. The highest BCUT2D eigenvalue weighted by Crippen LogP contribution is 2.24. The highest BCUT2D eigenvalue weighted by atomic mass is 32.2. The van der Waals surface area contributed by atoms with Gasteiger partial charge in [0.1, 0.15) is 5.82 Å². The lowest BCUT2D eigenvalue weighted by Crippen LogP contribution is -2.38. The number of aryl methyl sites for hydroxylation is 1. The predicted octanol–water partition coefficient (Wildman–Crippen LogP) is 1.96. The summed E-state index contributed by atoms with van der Waals surface area (Å²) >= 11 is 0. The van der Waals surface area contributed by atoms with Gasteiger partial charge in [-0.25, -0.2) is 17.5 Å². The van der Waals surface area contributed by atoms with Crippen molar-refractivity contribution in [2.24, 2.45) is 0 Å². The van der Waals surface area contributed by atoms with Gasteiger partial charge in [0.05, 0.1) is 16.0 Å². The van der Waals surface area contributed by atoms with Crippen LogP contribution in [-0.2, 0) is 16.4 Å². The Hall–Kier alpha value is -2.58. The third-order valence-corrected chi connectivity index (χ3v) is 5.69. The van der Waals surface area contributed by atoms with Gasteiger partial charge in [-0.05, 0) is 36.2 Å². The van der Waals surface area contributed by atoms with Crippen LogP contribution in [0.2, 0.25) is 0 Å². The molecule has 1 N–H and O–H groups in total. The fraction of sp³-hybridized carbons (Fsp3) is 0.222. The molecular weight excluding hydrogens is 359 g/mol. The maximum Gasteiger partial charge on any atom is 0.264 e. The lowest BCUT2D eigenvalue weighted by molar-refractivity contribution is 0.0656. The van der Waals surface area contributed by atoms with Crippen LogP contribution in [0.25, 0.3) is 0 Å². The van der Waals surface area contributed by atoms with Crippen molar-refractivity contribution in [2.45, 2.75) is 18.2 Å². The molecule has 1 aliphatic rings. The van der Waals surface area contributed by atoms with Crippen molar-refractivity contribution in [1.82, 2.24) is 9.62 Å². The van der Waals surface area contributed by atoms with Crippen molar-refractivity contribution in [2.75, 3.05) is 13.1 Å². The van der Waals surface area contributed by atoms with Gasteiger partial charge in [0, 0.05) is 13.1 Å². The van der Waals surface area contributed by atoms with E-state index in [0.717, 1.165) is 23.0 Å². The quantitative estimate of drug-likeness (QED) is 0.782. The van der Waals surface area contributed by atoms with Crippen LogP contribution in [0.3, 0.4) is 0 Å². The van der Waals surface area contributed by atoms with Gasteiger partial charge >= 0.3 is 0 Å². The summed E-state index contributed by atoms with van der Waals surface area (Å²) in [5, 5.41) is 0. The molecule has 2 aromatic carbocycles. The molecule has 136 valence electrons. The zero-order valence-electron chi connectivity index (χ0n) is 14.0. The van der Waals surface area contributed by atoms with Gasteiger partial charge < -0.3 is 0 Å². The van der Waals surface area contributed by atoms with E-state index in [-0.39, 0.29) is 29.1 Å². The van der Waals surface area contributed by atoms with E-state index >= 15 is 0 Å². The largest absolute Gasteiger partial charge is 0.273 e. The van der Waals surface area contributed by atoms with Gasteiger partial charge in [-0.3, -0.25) is 14.5 Å². The van der Waals surface area contributed by atoms with E-state index in [1.54, 1.807) is 12.1 Å². The zero-order valence-corrected chi connectivity index (χ0v) is 14.8. The van der Waals surface area contributed by atoms with E-state index in [4.69, 9.17) is 0 Å². The number of rotatable bonds is 6. The zero-order chi connectivity index (χ0) is 18.9. The summed E-state index contributed by atoms with van der Waals surface area (Å²) in [6.07, 6.45) is 0.796. The van der Waals surface area contributed by atoms with Crippen molar-refractivity contribution in [3.8, 4) is 0 Å². The molecular formula is C18H17FN2O4S. The molecule has 0 aliphatic carbocycles. The van der Waals surface area contributed by atoms with Crippen LogP contribution in [0.1, 0.15) is 33.2 Å². The van der Waals surface area contributed by atoms with E-state index in [2.05, 4.69) is 4.72 Å². The molecule has 2 amide bonds. The molecule has 3 rings (SSSR count). The molecule has 8 heteroatoms. The van der Waals surface area contributed by atoms with Gasteiger partial charge in [0.15, 0.2) is 0 Å². The smallest absolute Gasteiger partial charge is 0.264 e. The number of nitrogens with one attached hydrogen (secondary N) is 1. The predicted molar refractivity (Wildman–Crippen MR) is 92.8 cm³/mol. The molecule has 0 saturated heterocycles. The van der Waals surface area contributed by atoms with Crippen LogP contribution >= 0.6 is 0 Å². The SMILES string of the molecule is CCc1ccc(S(=O)(=O)NCCN2C(=O)c3cccc(F)c3C2=O)cc1. The maximum atomic E-state index is 13.8. The number of nitrogens with zero attached hydrogens (tertiary/aromatic N) is 1. The molecule has 6 nitrogen and oxygen atoms in total. The number of imide groups is 1. The Morgan fingerprint density at radius 2 is 1.73 bits per heavy atom. The van der Waals surface area contributed by atoms with Gasteiger partial charge in [-0.2, -0.15) is 0 Å². The Bertz CT molecular complexity index is 971. The van der Waals surface area contributed by atoms with E-state index in [1.807, 2.05) is 6.92 Å². The Morgan fingerprint density at radius 3 is 2.35 bits per heavy atom. The Balaban J connectivity index is 1.67. The fourth-order valence-electron chi connectivity index (χ4n) is 2.77. The number of benzene rings is 2. The number of hydrogen-bond donors (Lipinski definition) is 1. The van der Waals surface area contributed by atoms with Crippen LogP contribution in [-0.4, -0.2) is 38.2 Å². The van der Waals surface area contributed by atoms with Crippen molar-refractivity contribution in [1.29, 1.82) is 0 Å². The highest BCUT2D eigenvalue weighted by molar-refractivity contribution is 7.89. The van der Waals surface area contributed by atoms with E-state index in [9.17, 15) is 22.4 Å². The molecule has 0 bridgehead atoms. The summed E-state index contributed by atoms with van der Waals surface area (Å²) in [5.74, 6) is -2.15. The van der Waals surface area contributed by atoms with Gasteiger partial charge in [0.25, 0.3) is 11.8 Å². The van der Waals surface area contributed by atoms with Crippen LogP contribution in [0.4, 0.5) is 4.39 Å².